The minimum absolute atomic E-state index is 0. The highest BCUT2D eigenvalue weighted by atomic mass is 35.5. The second kappa shape index (κ2) is 8.70. The minimum atomic E-state index is 0. The van der Waals surface area contributed by atoms with E-state index < -0.39 is 0 Å². The van der Waals surface area contributed by atoms with Crippen molar-refractivity contribution in [2.45, 2.75) is 31.7 Å². The predicted octanol–water partition coefficient (Wildman–Crippen LogP) is 2.09. The Morgan fingerprint density at radius 3 is 2.91 bits per heavy atom. The Labute approximate surface area is 142 Å². The number of aryl methyl sites for hydroxylation is 1. The number of hydrogen-bond donors (Lipinski definition) is 2. The van der Waals surface area contributed by atoms with E-state index in [4.69, 9.17) is 0 Å². The molecule has 1 aliphatic heterocycles. The number of aromatic nitrogens is 2. The third-order valence-corrected chi connectivity index (χ3v) is 3.96. The normalized spacial score (nSPS) is 17.3. The van der Waals surface area contributed by atoms with Gasteiger partial charge in [-0.1, -0.05) is 18.2 Å². The molecule has 0 radical (unpaired) electrons. The molecule has 6 heteroatoms. The van der Waals surface area contributed by atoms with Crippen LogP contribution < -0.4 is 10.6 Å². The fraction of sp³-hybridized carbons (Fsp3) is 0.412. The predicted molar refractivity (Wildman–Crippen MR) is 93.2 cm³/mol. The second-order valence-corrected chi connectivity index (χ2v) is 5.74. The van der Waals surface area contributed by atoms with Crippen LogP contribution in [0.2, 0.25) is 0 Å². The van der Waals surface area contributed by atoms with Gasteiger partial charge in [-0.05, 0) is 43.5 Å². The third kappa shape index (κ3) is 5.08. The Morgan fingerprint density at radius 2 is 2.17 bits per heavy atom. The van der Waals surface area contributed by atoms with Crippen molar-refractivity contribution < 1.29 is 4.79 Å². The number of piperidine rings is 1. The van der Waals surface area contributed by atoms with Crippen LogP contribution in [0.5, 0.6) is 0 Å². The molecule has 124 valence electrons. The number of benzene rings is 1. The van der Waals surface area contributed by atoms with Crippen LogP contribution in [0, 0.1) is 0 Å². The monoisotopic (exact) mass is 334 g/mol. The number of nitrogens with one attached hydrogen (secondary N) is 2. The topological polar surface area (TPSA) is 59.0 Å². The number of carbonyl (C=O) groups is 1. The van der Waals surface area contributed by atoms with E-state index in [2.05, 4.69) is 15.7 Å². The van der Waals surface area contributed by atoms with Gasteiger partial charge in [0.25, 0.3) is 0 Å². The fourth-order valence-corrected chi connectivity index (χ4v) is 2.74. The molecule has 1 fully saturated rings. The van der Waals surface area contributed by atoms with E-state index >= 15 is 0 Å². The molecule has 0 aliphatic carbocycles. The number of carbonyl (C=O) groups excluding carboxylic acids is 1. The summed E-state index contributed by atoms with van der Waals surface area (Å²) in [5.41, 5.74) is 2.12. The van der Waals surface area contributed by atoms with Crippen molar-refractivity contribution in [2.24, 2.45) is 0 Å². The zero-order chi connectivity index (χ0) is 15.2. The lowest BCUT2D eigenvalue weighted by atomic mass is 10.1. The largest absolute Gasteiger partial charge is 0.352 e. The maximum atomic E-state index is 12.0. The van der Waals surface area contributed by atoms with Crippen molar-refractivity contribution in [3.8, 4) is 5.69 Å². The average molecular weight is 335 g/mol. The lowest BCUT2D eigenvalue weighted by Gasteiger charge is -2.23. The van der Waals surface area contributed by atoms with Gasteiger partial charge in [0.15, 0.2) is 0 Å². The SMILES string of the molecule is Cl.O=C(CCc1cnn(-c2ccccc2)c1)NC1CCCNC1. The van der Waals surface area contributed by atoms with Gasteiger partial charge in [0.05, 0.1) is 11.9 Å². The molecule has 1 saturated heterocycles. The van der Waals surface area contributed by atoms with E-state index in [0.717, 1.165) is 43.6 Å². The summed E-state index contributed by atoms with van der Waals surface area (Å²) in [6.07, 6.45) is 7.27. The molecular formula is C17H23ClN4O. The van der Waals surface area contributed by atoms with Crippen LogP contribution in [0.3, 0.4) is 0 Å². The molecule has 3 rings (SSSR count). The fourth-order valence-electron chi connectivity index (χ4n) is 2.74. The Balaban J connectivity index is 0.00000192. The molecule has 23 heavy (non-hydrogen) atoms. The van der Waals surface area contributed by atoms with Gasteiger partial charge >= 0.3 is 0 Å². The molecular weight excluding hydrogens is 312 g/mol. The van der Waals surface area contributed by atoms with E-state index in [1.54, 1.807) is 0 Å². The Bertz CT molecular complexity index is 608. The van der Waals surface area contributed by atoms with Crippen molar-refractivity contribution in [3.05, 3.63) is 48.3 Å². The average Bonchev–Trinajstić information content (AvgIpc) is 3.04. The van der Waals surface area contributed by atoms with Gasteiger partial charge in [-0.25, -0.2) is 4.68 Å². The van der Waals surface area contributed by atoms with Crippen molar-refractivity contribution in [2.75, 3.05) is 13.1 Å². The Morgan fingerprint density at radius 1 is 1.35 bits per heavy atom. The van der Waals surface area contributed by atoms with Crippen molar-refractivity contribution in [1.29, 1.82) is 0 Å². The van der Waals surface area contributed by atoms with Crippen molar-refractivity contribution in [3.63, 3.8) is 0 Å². The molecule has 1 atom stereocenters. The van der Waals surface area contributed by atoms with Crippen molar-refractivity contribution >= 4 is 18.3 Å². The first-order valence-electron chi connectivity index (χ1n) is 7.90. The van der Waals surface area contributed by atoms with Crippen LogP contribution in [0.25, 0.3) is 5.69 Å². The second-order valence-electron chi connectivity index (χ2n) is 5.74. The number of hydrogen-bond acceptors (Lipinski definition) is 3. The van der Waals surface area contributed by atoms with Gasteiger partial charge in [0, 0.05) is 25.2 Å². The van der Waals surface area contributed by atoms with Crippen LogP contribution in [-0.2, 0) is 11.2 Å². The molecule has 0 spiro atoms. The van der Waals surface area contributed by atoms with E-state index in [1.807, 2.05) is 47.4 Å². The zero-order valence-corrected chi connectivity index (χ0v) is 13.9. The molecule has 5 nitrogen and oxygen atoms in total. The summed E-state index contributed by atoms with van der Waals surface area (Å²) in [7, 11) is 0. The third-order valence-electron chi connectivity index (χ3n) is 3.96. The van der Waals surface area contributed by atoms with Crippen LogP contribution in [0.1, 0.15) is 24.8 Å². The van der Waals surface area contributed by atoms with E-state index in [0.29, 0.717) is 6.42 Å². The van der Waals surface area contributed by atoms with Crippen LogP contribution >= 0.6 is 12.4 Å². The van der Waals surface area contributed by atoms with Gasteiger partial charge < -0.3 is 10.6 Å². The Kier molecular flexibility index (Phi) is 6.62. The van der Waals surface area contributed by atoms with Crippen molar-refractivity contribution in [1.82, 2.24) is 20.4 Å². The van der Waals surface area contributed by atoms with Crippen LogP contribution in [0.4, 0.5) is 0 Å². The summed E-state index contributed by atoms with van der Waals surface area (Å²) in [5.74, 6) is 0.126. The molecule has 1 aromatic carbocycles. The maximum Gasteiger partial charge on any atom is 0.220 e. The van der Waals surface area contributed by atoms with Crippen LogP contribution in [-0.4, -0.2) is 34.8 Å². The Hall–Kier alpha value is -1.85. The molecule has 2 aromatic rings. The molecule has 0 saturated carbocycles. The first-order chi connectivity index (χ1) is 10.8. The number of amides is 1. The molecule has 0 bridgehead atoms. The summed E-state index contributed by atoms with van der Waals surface area (Å²) < 4.78 is 1.85. The minimum Gasteiger partial charge on any atom is -0.352 e. The van der Waals surface area contributed by atoms with Gasteiger partial charge in [0.1, 0.15) is 0 Å². The van der Waals surface area contributed by atoms with Crippen LogP contribution in [0.15, 0.2) is 42.7 Å². The highest BCUT2D eigenvalue weighted by Crippen LogP contribution is 2.09. The summed E-state index contributed by atoms with van der Waals surface area (Å²) in [6.45, 7) is 1.95. The van der Waals surface area contributed by atoms with E-state index in [-0.39, 0.29) is 24.4 Å². The smallest absolute Gasteiger partial charge is 0.220 e. The number of halogens is 1. The maximum absolute atomic E-state index is 12.0. The highest BCUT2D eigenvalue weighted by Gasteiger charge is 2.15. The first kappa shape index (κ1) is 17.5. The quantitative estimate of drug-likeness (QED) is 0.880. The molecule has 1 unspecified atom stereocenters. The summed E-state index contributed by atoms with van der Waals surface area (Å²) in [4.78, 5) is 12.0. The van der Waals surface area contributed by atoms with Gasteiger partial charge in [-0.15, -0.1) is 12.4 Å². The standard InChI is InChI=1S/C17H22N4O.ClH/c22-17(20-15-5-4-10-18-12-15)9-8-14-11-19-21(13-14)16-6-2-1-3-7-16;/h1-3,6-7,11,13,15,18H,4-5,8-10,12H2,(H,20,22);1H. The van der Waals surface area contributed by atoms with Gasteiger partial charge in [-0.2, -0.15) is 5.10 Å². The number of nitrogens with zero attached hydrogens (tertiary/aromatic N) is 2. The summed E-state index contributed by atoms with van der Waals surface area (Å²) >= 11 is 0. The lowest BCUT2D eigenvalue weighted by Crippen LogP contribution is -2.45. The highest BCUT2D eigenvalue weighted by molar-refractivity contribution is 5.85. The van der Waals surface area contributed by atoms with E-state index in [9.17, 15) is 4.79 Å². The molecule has 1 aliphatic rings. The molecule has 1 aromatic heterocycles. The number of rotatable bonds is 5. The summed E-state index contributed by atoms with van der Waals surface area (Å²) in [5, 5.41) is 10.8. The molecule has 2 heterocycles. The lowest BCUT2D eigenvalue weighted by molar-refractivity contribution is -0.121. The zero-order valence-electron chi connectivity index (χ0n) is 13.1. The molecule has 1 amide bonds. The molecule has 2 N–H and O–H groups in total. The first-order valence-corrected chi connectivity index (χ1v) is 7.90. The van der Waals surface area contributed by atoms with E-state index in [1.165, 1.54) is 0 Å². The van der Waals surface area contributed by atoms with Gasteiger partial charge in [-0.3, -0.25) is 4.79 Å². The summed E-state index contributed by atoms with van der Waals surface area (Å²) in [6, 6.07) is 10.3. The number of para-hydroxylation sites is 1. The van der Waals surface area contributed by atoms with Gasteiger partial charge in [0.2, 0.25) is 5.91 Å².